The van der Waals surface area contributed by atoms with Gasteiger partial charge in [0.2, 0.25) is 5.95 Å². The highest BCUT2D eigenvalue weighted by Gasteiger charge is 2.36. The van der Waals surface area contributed by atoms with Gasteiger partial charge in [0.05, 0.1) is 6.54 Å². The van der Waals surface area contributed by atoms with E-state index in [1.807, 2.05) is 18.5 Å². The number of piperidine rings is 1. The van der Waals surface area contributed by atoms with Gasteiger partial charge in [-0.2, -0.15) is 0 Å². The molecule has 3 atom stereocenters. The summed E-state index contributed by atoms with van der Waals surface area (Å²) in [5.41, 5.74) is 0. The molecule has 2 aromatic rings. The molecule has 1 saturated carbocycles. The van der Waals surface area contributed by atoms with Crippen LogP contribution in [0.1, 0.15) is 43.6 Å². The normalized spacial score (nSPS) is 27.2. The van der Waals surface area contributed by atoms with Crippen molar-refractivity contribution in [2.75, 3.05) is 18.0 Å². The number of aromatic nitrogens is 2. The maximum Gasteiger partial charge on any atom is 0.225 e. The highest BCUT2D eigenvalue weighted by Crippen LogP contribution is 2.47. The van der Waals surface area contributed by atoms with E-state index in [-0.39, 0.29) is 0 Å². The van der Waals surface area contributed by atoms with Crippen LogP contribution in [0.4, 0.5) is 5.95 Å². The van der Waals surface area contributed by atoms with Crippen LogP contribution in [0.3, 0.4) is 0 Å². The maximum absolute atomic E-state index is 5.98. The van der Waals surface area contributed by atoms with Crippen LogP contribution in [0.5, 0.6) is 0 Å². The predicted molar refractivity (Wildman–Crippen MR) is 89.3 cm³/mol. The van der Waals surface area contributed by atoms with Gasteiger partial charge in [-0.1, -0.05) is 6.92 Å². The van der Waals surface area contributed by atoms with Crippen LogP contribution in [-0.2, 0) is 6.54 Å². The summed E-state index contributed by atoms with van der Waals surface area (Å²) < 4.78 is 5.98. The van der Waals surface area contributed by atoms with Gasteiger partial charge in [-0.25, -0.2) is 9.97 Å². The molecule has 122 valence electrons. The molecule has 23 heavy (non-hydrogen) atoms. The van der Waals surface area contributed by atoms with E-state index in [4.69, 9.17) is 4.42 Å². The molecule has 2 aliphatic rings. The lowest BCUT2D eigenvalue weighted by molar-refractivity contribution is 0.384. The molecule has 1 saturated heterocycles. The molecule has 0 radical (unpaired) electrons. The third-order valence-electron chi connectivity index (χ3n) is 4.98. The van der Waals surface area contributed by atoms with E-state index in [9.17, 15) is 0 Å². The molecule has 1 aliphatic carbocycles. The van der Waals surface area contributed by atoms with E-state index in [0.29, 0.717) is 12.0 Å². The second-order valence-corrected chi connectivity index (χ2v) is 6.84. The lowest BCUT2D eigenvalue weighted by Crippen LogP contribution is -2.46. The predicted octanol–water partition coefficient (Wildman–Crippen LogP) is 2.95. The Labute approximate surface area is 137 Å². The minimum atomic E-state index is 0.459. The average molecular weight is 312 g/mol. The van der Waals surface area contributed by atoms with E-state index in [1.165, 1.54) is 19.3 Å². The van der Waals surface area contributed by atoms with Crippen molar-refractivity contribution in [3.05, 3.63) is 42.1 Å². The number of nitrogens with one attached hydrogen (secondary N) is 1. The second kappa shape index (κ2) is 6.32. The Bertz CT molecular complexity index is 641. The van der Waals surface area contributed by atoms with Crippen LogP contribution in [0, 0.1) is 5.92 Å². The SMILES string of the molecule is CC1CC1c1ccc(CNC2CCCN(c3ncccn3)C2)o1. The number of anilines is 1. The maximum atomic E-state index is 5.98. The van der Waals surface area contributed by atoms with E-state index >= 15 is 0 Å². The molecular weight excluding hydrogens is 288 g/mol. The van der Waals surface area contributed by atoms with Crippen molar-refractivity contribution in [1.29, 1.82) is 0 Å². The Morgan fingerprint density at radius 2 is 2.13 bits per heavy atom. The van der Waals surface area contributed by atoms with Gasteiger partial charge in [0.15, 0.2) is 0 Å². The summed E-state index contributed by atoms with van der Waals surface area (Å²) in [6.07, 6.45) is 7.25. The van der Waals surface area contributed by atoms with Crippen molar-refractivity contribution in [3.63, 3.8) is 0 Å². The first-order chi connectivity index (χ1) is 11.3. The largest absolute Gasteiger partial charge is 0.464 e. The minimum Gasteiger partial charge on any atom is -0.464 e. The molecule has 0 bridgehead atoms. The van der Waals surface area contributed by atoms with E-state index in [0.717, 1.165) is 43.0 Å². The molecule has 0 spiro atoms. The zero-order valence-corrected chi connectivity index (χ0v) is 13.6. The van der Waals surface area contributed by atoms with Crippen LogP contribution in [-0.4, -0.2) is 29.1 Å². The van der Waals surface area contributed by atoms with E-state index in [2.05, 4.69) is 39.2 Å². The molecule has 5 heteroatoms. The standard InChI is InChI=1S/C18H24N4O/c1-13-10-16(13)17-6-5-15(23-17)11-21-14-4-2-9-22(12-14)18-19-7-3-8-20-18/h3,5-8,13-14,16,21H,2,4,9-12H2,1H3. The van der Waals surface area contributed by atoms with Crippen LogP contribution in [0.2, 0.25) is 0 Å². The molecule has 4 rings (SSSR count). The van der Waals surface area contributed by atoms with Crippen molar-refractivity contribution in [2.24, 2.45) is 5.92 Å². The molecule has 2 fully saturated rings. The third-order valence-corrected chi connectivity index (χ3v) is 4.98. The van der Waals surface area contributed by atoms with Gasteiger partial charge in [-0.3, -0.25) is 0 Å². The molecule has 2 aromatic heterocycles. The Morgan fingerprint density at radius 3 is 2.91 bits per heavy atom. The highest BCUT2D eigenvalue weighted by molar-refractivity contribution is 5.29. The quantitative estimate of drug-likeness (QED) is 0.920. The average Bonchev–Trinajstić information content (AvgIpc) is 3.15. The monoisotopic (exact) mass is 312 g/mol. The fraction of sp³-hybridized carbons (Fsp3) is 0.556. The van der Waals surface area contributed by atoms with Gasteiger partial charge in [0.25, 0.3) is 0 Å². The summed E-state index contributed by atoms with van der Waals surface area (Å²) in [5.74, 6) is 4.50. The molecule has 1 aliphatic heterocycles. The summed E-state index contributed by atoms with van der Waals surface area (Å²) in [5, 5.41) is 3.63. The molecular formula is C18H24N4O. The van der Waals surface area contributed by atoms with Crippen LogP contribution in [0.15, 0.2) is 35.0 Å². The van der Waals surface area contributed by atoms with Crippen LogP contribution in [0.25, 0.3) is 0 Å². The lowest BCUT2D eigenvalue weighted by atomic mass is 10.1. The van der Waals surface area contributed by atoms with Crippen molar-refractivity contribution in [3.8, 4) is 0 Å². The van der Waals surface area contributed by atoms with Gasteiger partial charge < -0.3 is 14.6 Å². The van der Waals surface area contributed by atoms with Crippen LogP contribution >= 0.6 is 0 Å². The first-order valence-corrected chi connectivity index (χ1v) is 8.63. The molecule has 3 unspecified atom stereocenters. The van der Waals surface area contributed by atoms with Crippen LogP contribution < -0.4 is 10.2 Å². The minimum absolute atomic E-state index is 0.459. The molecule has 0 aromatic carbocycles. The van der Waals surface area contributed by atoms with E-state index < -0.39 is 0 Å². The summed E-state index contributed by atoms with van der Waals surface area (Å²) in [6.45, 7) is 5.08. The molecule has 3 heterocycles. The summed E-state index contributed by atoms with van der Waals surface area (Å²) in [4.78, 5) is 11.0. The topological polar surface area (TPSA) is 54.2 Å². The molecule has 5 nitrogen and oxygen atoms in total. The number of nitrogens with zero attached hydrogens (tertiary/aromatic N) is 3. The summed E-state index contributed by atoms with van der Waals surface area (Å²) in [7, 11) is 0. The van der Waals surface area contributed by atoms with Gasteiger partial charge in [-0.15, -0.1) is 0 Å². The number of hydrogen-bond donors (Lipinski definition) is 1. The summed E-state index contributed by atoms with van der Waals surface area (Å²) in [6, 6.07) is 6.59. The van der Waals surface area contributed by atoms with Gasteiger partial charge in [0, 0.05) is 37.4 Å². The first kappa shape index (κ1) is 14.7. The zero-order valence-electron chi connectivity index (χ0n) is 13.6. The number of rotatable bonds is 5. The Balaban J connectivity index is 1.31. The Morgan fingerprint density at radius 1 is 1.30 bits per heavy atom. The van der Waals surface area contributed by atoms with Gasteiger partial charge in [-0.05, 0) is 43.4 Å². The smallest absolute Gasteiger partial charge is 0.225 e. The fourth-order valence-electron chi connectivity index (χ4n) is 3.43. The number of furan rings is 1. The van der Waals surface area contributed by atoms with Crippen molar-refractivity contribution < 1.29 is 4.42 Å². The third kappa shape index (κ3) is 3.39. The van der Waals surface area contributed by atoms with E-state index in [1.54, 1.807) is 0 Å². The van der Waals surface area contributed by atoms with Crippen molar-refractivity contribution in [2.45, 2.75) is 44.7 Å². The Kier molecular flexibility index (Phi) is 4.04. The second-order valence-electron chi connectivity index (χ2n) is 6.84. The summed E-state index contributed by atoms with van der Waals surface area (Å²) >= 11 is 0. The van der Waals surface area contributed by atoms with Gasteiger partial charge >= 0.3 is 0 Å². The Hall–Kier alpha value is -1.88. The van der Waals surface area contributed by atoms with Crippen molar-refractivity contribution in [1.82, 2.24) is 15.3 Å². The van der Waals surface area contributed by atoms with Gasteiger partial charge in [0.1, 0.15) is 11.5 Å². The van der Waals surface area contributed by atoms with Crippen molar-refractivity contribution >= 4 is 5.95 Å². The lowest BCUT2D eigenvalue weighted by Gasteiger charge is -2.33. The molecule has 0 amide bonds. The highest BCUT2D eigenvalue weighted by atomic mass is 16.3. The number of hydrogen-bond acceptors (Lipinski definition) is 5. The first-order valence-electron chi connectivity index (χ1n) is 8.63. The molecule has 1 N–H and O–H groups in total. The zero-order chi connectivity index (χ0) is 15.6. The fourth-order valence-corrected chi connectivity index (χ4v) is 3.43.